The van der Waals surface area contributed by atoms with E-state index in [1.807, 2.05) is 12.1 Å². The normalized spacial score (nSPS) is 11.3. The second-order valence-corrected chi connectivity index (χ2v) is 8.54. The summed E-state index contributed by atoms with van der Waals surface area (Å²) in [4.78, 5) is 0. The molecule has 0 aliphatic rings. The zero-order valence-corrected chi connectivity index (χ0v) is 18.7. The van der Waals surface area contributed by atoms with Crippen LogP contribution in [0, 0.1) is 0 Å². The van der Waals surface area contributed by atoms with Gasteiger partial charge in [-0.15, -0.1) is 0 Å². The van der Waals surface area contributed by atoms with Gasteiger partial charge in [0.05, 0.1) is 24.2 Å². The zero-order valence-electron chi connectivity index (χ0n) is 17.1. The Morgan fingerprint density at radius 3 is 2.13 bits per heavy atom. The van der Waals surface area contributed by atoms with Crippen LogP contribution in [-0.2, 0) is 18.0 Å². The monoisotopic (exact) mass is 467 g/mol. The van der Waals surface area contributed by atoms with E-state index in [1.54, 1.807) is 0 Å². The highest BCUT2D eigenvalue weighted by atomic mass is 79.9. The molecule has 3 heteroatoms. The molecule has 0 aliphatic carbocycles. The Kier molecular flexibility index (Phi) is 5.46. The van der Waals surface area contributed by atoms with Crippen LogP contribution in [0.5, 0.6) is 0 Å². The molecule has 2 nitrogen and oxygen atoms in total. The van der Waals surface area contributed by atoms with E-state index in [1.165, 1.54) is 27.4 Å². The molecule has 1 aromatic heterocycles. The molecule has 0 saturated heterocycles. The third-order valence-corrected chi connectivity index (χ3v) is 6.05. The molecule has 4 aromatic carbocycles. The number of hydrogen-bond donors (Lipinski definition) is 0. The lowest BCUT2D eigenvalue weighted by atomic mass is 10.1. The van der Waals surface area contributed by atoms with Gasteiger partial charge in [0.1, 0.15) is 0 Å². The lowest BCUT2D eigenvalue weighted by molar-refractivity contribution is 0.107. The molecule has 0 unspecified atom stereocenters. The number of halogens is 1. The van der Waals surface area contributed by atoms with Gasteiger partial charge >= 0.3 is 0 Å². The van der Waals surface area contributed by atoms with Gasteiger partial charge in [-0.25, -0.2) is 0 Å². The Bertz CT molecular complexity index is 1370. The van der Waals surface area contributed by atoms with Crippen LogP contribution in [0.25, 0.3) is 33.6 Å². The van der Waals surface area contributed by atoms with Crippen molar-refractivity contribution >= 4 is 43.8 Å². The lowest BCUT2D eigenvalue weighted by Gasteiger charge is -2.08. The van der Waals surface area contributed by atoms with E-state index < -0.39 is 0 Å². The molecule has 0 atom stereocenters. The molecular weight excluding hydrogens is 446 g/mol. The maximum atomic E-state index is 6.01. The highest BCUT2D eigenvalue weighted by Gasteiger charge is 2.13. The first-order valence-electron chi connectivity index (χ1n) is 10.3. The molecular formula is C28H22BrNO. The first kappa shape index (κ1) is 19.8. The summed E-state index contributed by atoms with van der Waals surface area (Å²) in [6.07, 6.45) is 1.85. The summed E-state index contributed by atoms with van der Waals surface area (Å²) in [6.45, 7) is 4.96. The molecule has 5 rings (SSSR count). The fourth-order valence-corrected chi connectivity index (χ4v) is 4.39. The fraction of sp³-hybridized carbons (Fsp3) is 0.0714. The maximum absolute atomic E-state index is 6.01. The second kappa shape index (κ2) is 8.54. The van der Waals surface area contributed by atoms with Crippen LogP contribution < -0.4 is 0 Å². The van der Waals surface area contributed by atoms with Gasteiger partial charge in [-0.2, -0.15) is 0 Å². The average molecular weight is 468 g/mol. The van der Waals surface area contributed by atoms with E-state index >= 15 is 0 Å². The van der Waals surface area contributed by atoms with Gasteiger partial charge in [0.2, 0.25) is 0 Å². The topological polar surface area (TPSA) is 14.2 Å². The third kappa shape index (κ3) is 3.95. The Balaban J connectivity index is 1.48. The van der Waals surface area contributed by atoms with Crippen molar-refractivity contribution in [2.75, 3.05) is 0 Å². The maximum Gasteiger partial charge on any atom is 0.0721 e. The molecule has 0 bridgehead atoms. The summed E-state index contributed by atoms with van der Waals surface area (Å²) in [5.74, 6) is 0. The van der Waals surface area contributed by atoms with Crippen LogP contribution in [0.3, 0.4) is 0 Å². The molecule has 0 amide bonds. The van der Waals surface area contributed by atoms with Crippen LogP contribution in [0.15, 0.2) is 102 Å². The standard InChI is InChI=1S/C28H22BrNO/c1-2-20-8-10-21(11-9-20)18-31-19-22-12-14-27-25(16-22)26-17-23(29)13-15-28(26)30(27)24-6-4-3-5-7-24/h2-17H,1,18-19H2. The molecule has 0 saturated carbocycles. The number of fused-ring (bicyclic) bond motifs is 3. The number of aromatic nitrogens is 1. The largest absolute Gasteiger partial charge is 0.372 e. The quantitative estimate of drug-likeness (QED) is 0.247. The number of ether oxygens (including phenoxy) is 1. The first-order valence-corrected chi connectivity index (χ1v) is 11.1. The van der Waals surface area contributed by atoms with E-state index in [4.69, 9.17) is 4.74 Å². The molecule has 1 heterocycles. The summed E-state index contributed by atoms with van der Waals surface area (Å²) < 4.78 is 9.42. The van der Waals surface area contributed by atoms with E-state index in [-0.39, 0.29) is 0 Å². The Morgan fingerprint density at radius 1 is 0.742 bits per heavy atom. The van der Waals surface area contributed by atoms with Crippen molar-refractivity contribution in [1.82, 2.24) is 4.57 Å². The van der Waals surface area contributed by atoms with Gasteiger partial charge in [0.15, 0.2) is 0 Å². The minimum Gasteiger partial charge on any atom is -0.372 e. The highest BCUT2D eigenvalue weighted by Crippen LogP contribution is 2.34. The van der Waals surface area contributed by atoms with Gasteiger partial charge in [0.25, 0.3) is 0 Å². The molecule has 31 heavy (non-hydrogen) atoms. The Morgan fingerprint density at radius 2 is 1.39 bits per heavy atom. The van der Waals surface area contributed by atoms with E-state index in [0.717, 1.165) is 21.3 Å². The van der Waals surface area contributed by atoms with Crippen molar-refractivity contribution in [2.24, 2.45) is 0 Å². The van der Waals surface area contributed by atoms with Crippen LogP contribution in [0.2, 0.25) is 0 Å². The van der Waals surface area contributed by atoms with E-state index in [2.05, 4.69) is 112 Å². The van der Waals surface area contributed by atoms with Crippen LogP contribution in [0.4, 0.5) is 0 Å². The molecule has 0 fully saturated rings. The van der Waals surface area contributed by atoms with Crippen molar-refractivity contribution < 1.29 is 4.74 Å². The molecule has 0 N–H and O–H groups in total. The summed E-state index contributed by atoms with van der Waals surface area (Å²) in [6, 6.07) is 31.9. The number of nitrogens with zero attached hydrogens (tertiary/aromatic N) is 1. The Hall–Kier alpha value is -3.14. The van der Waals surface area contributed by atoms with Crippen LogP contribution in [0.1, 0.15) is 16.7 Å². The number of rotatable bonds is 6. The summed E-state index contributed by atoms with van der Waals surface area (Å²) in [7, 11) is 0. The molecule has 0 spiro atoms. The molecule has 0 aliphatic heterocycles. The van der Waals surface area contributed by atoms with Crippen LogP contribution in [-0.4, -0.2) is 4.57 Å². The van der Waals surface area contributed by atoms with Crippen molar-refractivity contribution in [3.8, 4) is 5.69 Å². The van der Waals surface area contributed by atoms with E-state index in [0.29, 0.717) is 13.2 Å². The lowest BCUT2D eigenvalue weighted by Crippen LogP contribution is -1.95. The molecule has 0 radical (unpaired) electrons. The summed E-state index contributed by atoms with van der Waals surface area (Å²) in [5, 5.41) is 2.46. The molecule has 152 valence electrons. The van der Waals surface area contributed by atoms with Gasteiger partial charge < -0.3 is 9.30 Å². The van der Waals surface area contributed by atoms with Gasteiger partial charge in [-0.05, 0) is 59.2 Å². The fourth-order valence-electron chi connectivity index (χ4n) is 4.02. The van der Waals surface area contributed by atoms with Gasteiger partial charge in [0, 0.05) is 20.9 Å². The van der Waals surface area contributed by atoms with E-state index in [9.17, 15) is 0 Å². The SMILES string of the molecule is C=Cc1ccc(COCc2ccc3c(c2)c2cc(Br)ccc2n3-c2ccccc2)cc1. The number of hydrogen-bond acceptors (Lipinski definition) is 1. The minimum atomic E-state index is 0.575. The number of benzene rings is 4. The van der Waals surface area contributed by atoms with Crippen molar-refractivity contribution in [2.45, 2.75) is 13.2 Å². The highest BCUT2D eigenvalue weighted by molar-refractivity contribution is 9.10. The first-order chi connectivity index (χ1) is 15.2. The predicted molar refractivity (Wildman–Crippen MR) is 134 cm³/mol. The average Bonchev–Trinajstić information content (AvgIpc) is 3.13. The third-order valence-electron chi connectivity index (χ3n) is 5.56. The number of para-hydroxylation sites is 1. The van der Waals surface area contributed by atoms with Crippen LogP contribution >= 0.6 is 15.9 Å². The van der Waals surface area contributed by atoms with Gasteiger partial charge in [-0.1, -0.05) is 77.1 Å². The smallest absolute Gasteiger partial charge is 0.0721 e. The summed E-state index contributed by atoms with van der Waals surface area (Å²) in [5.41, 5.74) is 7.01. The molecule has 5 aromatic rings. The zero-order chi connectivity index (χ0) is 21.2. The predicted octanol–water partition coefficient (Wildman–Crippen LogP) is 7.91. The second-order valence-electron chi connectivity index (χ2n) is 7.62. The Labute approximate surface area is 190 Å². The van der Waals surface area contributed by atoms with Crippen molar-refractivity contribution in [3.05, 3.63) is 119 Å². The van der Waals surface area contributed by atoms with Crippen molar-refractivity contribution in [3.63, 3.8) is 0 Å². The van der Waals surface area contributed by atoms with Gasteiger partial charge in [-0.3, -0.25) is 0 Å². The minimum absolute atomic E-state index is 0.575. The summed E-state index contributed by atoms with van der Waals surface area (Å²) >= 11 is 3.64. The van der Waals surface area contributed by atoms with Crippen molar-refractivity contribution in [1.29, 1.82) is 0 Å².